The van der Waals surface area contributed by atoms with Crippen molar-refractivity contribution in [1.29, 1.82) is 0 Å². The molecule has 1 unspecified atom stereocenters. The van der Waals surface area contributed by atoms with Crippen molar-refractivity contribution in [2.75, 3.05) is 19.6 Å². The first-order chi connectivity index (χ1) is 9.58. The van der Waals surface area contributed by atoms with E-state index in [2.05, 4.69) is 10.6 Å². The molecule has 1 aliphatic rings. The lowest BCUT2D eigenvalue weighted by atomic mass is 9.97. The molecule has 2 rings (SSSR count). The monoisotopic (exact) mass is 300 g/mol. The molecule has 0 bridgehead atoms. The fourth-order valence-electron chi connectivity index (χ4n) is 2.26. The van der Waals surface area contributed by atoms with Crippen molar-refractivity contribution in [3.63, 3.8) is 0 Å². The summed E-state index contributed by atoms with van der Waals surface area (Å²) in [5, 5.41) is 15.9. The third kappa shape index (κ3) is 3.91. The molecule has 0 radical (unpaired) electrons. The van der Waals surface area contributed by atoms with Crippen molar-refractivity contribution in [3.05, 3.63) is 34.6 Å². The molecule has 6 heteroatoms. The number of aliphatic hydroxyl groups is 1. The number of aliphatic hydroxyl groups excluding tert-OH is 1. The Bertz CT molecular complexity index is 478. The van der Waals surface area contributed by atoms with Crippen LogP contribution in [0.15, 0.2) is 18.2 Å². The molecule has 1 aliphatic heterocycles. The number of nitrogens with one attached hydrogen (secondary N) is 2. The highest BCUT2D eigenvalue weighted by molar-refractivity contribution is 6.30. The van der Waals surface area contributed by atoms with Gasteiger partial charge in [-0.2, -0.15) is 0 Å². The van der Waals surface area contributed by atoms with E-state index in [0.29, 0.717) is 5.56 Å². The molecular formula is C14H18ClFN2O2. The Balaban J connectivity index is 1.86. The molecule has 1 amide bonds. The number of halogens is 2. The van der Waals surface area contributed by atoms with Crippen LogP contribution in [0.4, 0.5) is 4.39 Å². The summed E-state index contributed by atoms with van der Waals surface area (Å²) in [6, 6.07) is 4.13. The van der Waals surface area contributed by atoms with Gasteiger partial charge in [0, 0.05) is 12.5 Å². The second kappa shape index (κ2) is 7.02. The maximum absolute atomic E-state index is 13.3. The van der Waals surface area contributed by atoms with E-state index < -0.39 is 11.9 Å². The predicted octanol–water partition coefficient (Wildman–Crippen LogP) is 1.63. The van der Waals surface area contributed by atoms with Gasteiger partial charge < -0.3 is 15.7 Å². The Hall–Kier alpha value is -1.17. The zero-order valence-corrected chi connectivity index (χ0v) is 11.8. The molecule has 0 aliphatic carbocycles. The van der Waals surface area contributed by atoms with Crippen LogP contribution in [0.3, 0.4) is 0 Å². The van der Waals surface area contributed by atoms with Crippen LogP contribution in [0.2, 0.25) is 5.02 Å². The predicted molar refractivity (Wildman–Crippen MR) is 75.0 cm³/mol. The van der Waals surface area contributed by atoms with Crippen LogP contribution in [0, 0.1) is 11.7 Å². The molecule has 110 valence electrons. The zero-order valence-electron chi connectivity index (χ0n) is 11.0. The minimum atomic E-state index is -0.938. The first-order valence-electron chi connectivity index (χ1n) is 6.69. The van der Waals surface area contributed by atoms with Gasteiger partial charge in [-0.1, -0.05) is 17.7 Å². The fourth-order valence-corrected chi connectivity index (χ4v) is 2.38. The fraction of sp³-hybridized carbons (Fsp3) is 0.500. The SMILES string of the molecule is O=C(NCC(O)c1ccc(Cl)c(F)c1)C1CCNCC1. The normalized spacial score (nSPS) is 17.8. The van der Waals surface area contributed by atoms with Gasteiger partial charge >= 0.3 is 0 Å². The number of carbonyl (C=O) groups is 1. The van der Waals surface area contributed by atoms with Gasteiger partial charge in [-0.3, -0.25) is 4.79 Å². The number of amides is 1. The molecule has 20 heavy (non-hydrogen) atoms. The number of benzene rings is 1. The topological polar surface area (TPSA) is 61.4 Å². The largest absolute Gasteiger partial charge is 0.387 e. The van der Waals surface area contributed by atoms with E-state index in [1.54, 1.807) is 6.07 Å². The third-order valence-corrected chi connectivity index (χ3v) is 3.81. The Morgan fingerprint density at radius 3 is 2.85 bits per heavy atom. The number of carbonyl (C=O) groups excluding carboxylic acids is 1. The molecule has 1 saturated heterocycles. The molecule has 1 atom stereocenters. The van der Waals surface area contributed by atoms with Gasteiger partial charge in [0.2, 0.25) is 5.91 Å². The summed E-state index contributed by atoms with van der Waals surface area (Å²) in [5.74, 6) is -0.640. The van der Waals surface area contributed by atoms with Gasteiger partial charge in [-0.05, 0) is 43.6 Å². The minimum Gasteiger partial charge on any atom is -0.387 e. The maximum atomic E-state index is 13.3. The lowest BCUT2D eigenvalue weighted by Crippen LogP contribution is -2.39. The Kier molecular flexibility index (Phi) is 5.34. The molecule has 1 heterocycles. The number of hydrogen-bond acceptors (Lipinski definition) is 3. The van der Waals surface area contributed by atoms with E-state index >= 15 is 0 Å². The molecule has 1 aromatic rings. The van der Waals surface area contributed by atoms with E-state index in [0.717, 1.165) is 25.9 Å². The van der Waals surface area contributed by atoms with Crippen LogP contribution in [0.5, 0.6) is 0 Å². The highest BCUT2D eigenvalue weighted by atomic mass is 35.5. The number of rotatable bonds is 4. The summed E-state index contributed by atoms with van der Waals surface area (Å²) < 4.78 is 13.3. The van der Waals surface area contributed by atoms with E-state index in [-0.39, 0.29) is 23.4 Å². The lowest BCUT2D eigenvalue weighted by Gasteiger charge is -2.22. The highest BCUT2D eigenvalue weighted by Crippen LogP contribution is 2.20. The van der Waals surface area contributed by atoms with Crippen LogP contribution in [-0.2, 0) is 4.79 Å². The second-order valence-electron chi connectivity index (χ2n) is 4.96. The summed E-state index contributed by atoms with van der Waals surface area (Å²) in [5.41, 5.74) is 0.400. The molecular weight excluding hydrogens is 283 g/mol. The summed E-state index contributed by atoms with van der Waals surface area (Å²) >= 11 is 5.58. The van der Waals surface area contributed by atoms with Crippen LogP contribution in [-0.4, -0.2) is 30.6 Å². The van der Waals surface area contributed by atoms with Gasteiger partial charge in [0.05, 0.1) is 11.1 Å². The first-order valence-corrected chi connectivity index (χ1v) is 7.07. The van der Waals surface area contributed by atoms with Crippen molar-refractivity contribution < 1.29 is 14.3 Å². The summed E-state index contributed by atoms with van der Waals surface area (Å²) in [7, 11) is 0. The van der Waals surface area contributed by atoms with Gasteiger partial charge in [0.15, 0.2) is 0 Å². The average Bonchev–Trinajstić information content (AvgIpc) is 2.48. The van der Waals surface area contributed by atoms with E-state index in [9.17, 15) is 14.3 Å². The number of piperidine rings is 1. The third-order valence-electron chi connectivity index (χ3n) is 3.51. The smallest absolute Gasteiger partial charge is 0.223 e. The van der Waals surface area contributed by atoms with Crippen molar-refractivity contribution in [1.82, 2.24) is 10.6 Å². The summed E-state index contributed by atoms with van der Waals surface area (Å²) in [6.45, 7) is 1.75. The quantitative estimate of drug-likeness (QED) is 0.792. The van der Waals surface area contributed by atoms with E-state index in [1.165, 1.54) is 12.1 Å². The molecule has 0 saturated carbocycles. The Labute approximate surface area is 122 Å². The summed E-state index contributed by atoms with van der Waals surface area (Å²) in [6.07, 6.45) is 0.669. The Morgan fingerprint density at radius 1 is 1.50 bits per heavy atom. The molecule has 0 aromatic heterocycles. The lowest BCUT2D eigenvalue weighted by molar-refractivity contribution is -0.126. The van der Waals surface area contributed by atoms with Gasteiger partial charge in [0.1, 0.15) is 5.82 Å². The highest BCUT2D eigenvalue weighted by Gasteiger charge is 2.21. The van der Waals surface area contributed by atoms with Crippen molar-refractivity contribution in [2.45, 2.75) is 18.9 Å². The first kappa shape index (κ1) is 15.2. The van der Waals surface area contributed by atoms with Crippen LogP contribution in [0.25, 0.3) is 0 Å². The number of hydrogen-bond donors (Lipinski definition) is 3. The zero-order chi connectivity index (χ0) is 14.5. The standard InChI is InChI=1S/C14H18ClFN2O2/c15-11-2-1-10(7-12(11)16)13(19)8-18-14(20)9-3-5-17-6-4-9/h1-2,7,9,13,17,19H,3-6,8H2,(H,18,20). The maximum Gasteiger partial charge on any atom is 0.223 e. The minimum absolute atomic E-state index is 0.00889. The van der Waals surface area contributed by atoms with Crippen molar-refractivity contribution >= 4 is 17.5 Å². The second-order valence-corrected chi connectivity index (χ2v) is 5.37. The molecule has 1 aromatic carbocycles. The molecule has 3 N–H and O–H groups in total. The average molecular weight is 301 g/mol. The Morgan fingerprint density at radius 2 is 2.20 bits per heavy atom. The van der Waals surface area contributed by atoms with Gasteiger partial charge in [0.25, 0.3) is 0 Å². The van der Waals surface area contributed by atoms with Crippen LogP contribution < -0.4 is 10.6 Å². The van der Waals surface area contributed by atoms with Crippen LogP contribution in [0.1, 0.15) is 24.5 Å². The van der Waals surface area contributed by atoms with E-state index in [4.69, 9.17) is 11.6 Å². The van der Waals surface area contributed by atoms with Crippen molar-refractivity contribution in [3.8, 4) is 0 Å². The van der Waals surface area contributed by atoms with E-state index in [1.807, 2.05) is 0 Å². The van der Waals surface area contributed by atoms with Gasteiger partial charge in [-0.15, -0.1) is 0 Å². The van der Waals surface area contributed by atoms with Gasteiger partial charge in [-0.25, -0.2) is 4.39 Å². The van der Waals surface area contributed by atoms with Crippen LogP contribution >= 0.6 is 11.6 Å². The summed E-state index contributed by atoms with van der Waals surface area (Å²) in [4.78, 5) is 11.9. The molecule has 0 spiro atoms. The van der Waals surface area contributed by atoms with Crippen molar-refractivity contribution in [2.24, 2.45) is 5.92 Å². The molecule has 4 nitrogen and oxygen atoms in total. The molecule has 1 fully saturated rings.